The van der Waals surface area contributed by atoms with Crippen LogP contribution in [0.15, 0.2) is 54.9 Å². The fourth-order valence-electron chi connectivity index (χ4n) is 4.04. The minimum atomic E-state index is -0.493. The predicted molar refractivity (Wildman–Crippen MR) is 111 cm³/mol. The third-order valence-electron chi connectivity index (χ3n) is 5.60. The molecule has 4 rings (SSSR count). The van der Waals surface area contributed by atoms with E-state index >= 15 is 0 Å². The number of aryl methyl sites for hydroxylation is 1. The maximum Gasteiger partial charge on any atom is 0.245 e. The second-order valence-corrected chi connectivity index (χ2v) is 7.65. The topological polar surface area (TPSA) is 72.0 Å². The van der Waals surface area contributed by atoms with Gasteiger partial charge in [-0.3, -0.25) is 14.6 Å². The molecule has 2 aliphatic rings. The van der Waals surface area contributed by atoms with E-state index in [0.717, 1.165) is 5.56 Å². The summed E-state index contributed by atoms with van der Waals surface area (Å²) in [6, 6.07) is 13.1. The van der Waals surface area contributed by atoms with Gasteiger partial charge < -0.3 is 19.3 Å². The van der Waals surface area contributed by atoms with Crippen molar-refractivity contribution in [1.29, 1.82) is 0 Å². The minimum Gasteiger partial charge on any atom is -0.487 e. The van der Waals surface area contributed by atoms with Crippen LogP contribution in [0.4, 0.5) is 0 Å². The molecule has 0 saturated carbocycles. The van der Waals surface area contributed by atoms with Crippen molar-refractivity contribution in [3.8, 4) is 5.75 Å². The number of hydrogen-bond acceptors (Lipinski definition) is 5. The molecule has 2 aliphatic heterocycles. The molecule has 7 nitrogen and oxygen atoms in total. The summed E-state index contributed by atoms with van der Waals surface area (Å²) in [5.74, 6) is 0.630. The van der Waals surface area contributed by atoms with E-state index in [1.165, 1.54) is 0 Å². The molecule has 2 amide bonds. The molecule has 158 valence electrons. The fourth-order valence-corrected chi connectivity index (χ4v) is 4.04. The van der Waals surface area contributed by atoms with Crippen LogP contribution in [0.1, 0.15) is 18.4 Å². The molecular formula is C23H27N3O4. The zero-order valence-corrected chi connectivity index (χ0v) is 17.0. The minimum absolute atomic E-state index is 0.0105. The number of nitrogens with zero attached hydrogens (tertiary/aromatic N) is 3. The molecule has 1 aromatic carbocycles. The molecule has 30 heavy (non-hydrogen) atoms. The molecule has 0 bridgehead atoms. The van der Waals surface area contributed by atoms with Crippen LogP contribution in [-0.2, 0) is 20.7 Å². The number of rotatable bonds is 6. The van der Waals surface area contributed by atoms with E-state index in [-0.39, 0.29) is 17.9 Å². The number of likely N-dealkylation sites (tertiary alicyclic amines) is 1. The van der Waals surface area contributed by atoms with E-state index in [4.69, 9.17) is 9.47 Å². The molecule has 2 saturated heterocycles. The average molecular weight is 409 g/mol. The number of carbonyl (C=O) groups excluding carboxylic acids is 2. The number of hydrogen-bond donors (Lipinski definition) is 0. The van der Waals surface area contributed by atoms with Gasteiger partial charge in [-0.15, -0.1) is 0 Å². The van der Waals surface area contributed by atoms with E-state index in [0.29, 0.717) is 57.9 Å². The number of ether oxygens (including phenoxy) is 2. The highest BCUT2D eigenvalue weighted by Gasteiger charge is 2.42. The lowest BCUT2D eigenvalue weighted by molar-refractivity contribution is -0.146. The van der Waals surface area contributed by atoms with Gasteiger partial charge in [0.25, 0.3) is 0 Å². The molecule has 3 heterocycles. The summed E-state index contributed by atoms with van der Waals surface area (Å²) in [7, 11) is 0. The number of amides is 2. The van der Waals surface area contributed by atoms with Gasteiger partial charge in [-0.1, -0.05) is 30.3 Å². The molecule has 0 radical (unpaired) electrons. The van der Waals surface area contributed by atoms with Crippen LogP contribution >= 0.6 is 0 Å². The van der Waals surface area contributed by atoms with E-state index in [2.05, 4.69) is 4.98 Å². The summed E-state index contributed by atoms with van der Waals surface area (Å²) in [5.41, 5.74) is 1.12. The highest BCUT2D eigenvalue weighted by atomic mass is 16.5. The lowest BCUT2D eigenvalue weighted by Crippen LogP contribution is -2.51. The van der Waals surface area contributed by atoms with Gasteiger partial charge in [0.15, 0.2) is 0 Å². The highest BCUT2D eigenvalue weighted by Crippen LogP contribution is 2.25. The van der Waals surface area contributed by atoms with Gasteiger partial charge in [-0.25, -0.2) is 0 Å². The number of pyridine rings is 1. The number of benzene rings is 1. The molecule has 0 N–H and O–H groups in total. The van der Waals surface area contributed by atoms with E-state index in [1.807, 2.05) is 42.5 Å². The second kappa shape index (κ2) is 9.71. The molecule has 0 spiro atoms. The predicted octanol–water partition coefficient (Wildman–Crippen LogP) is 1.92. The first-order valence-corrected chi connectivity index (χ1v) is 10.5. The summed E-state index contributed by atoms with van der Waals surface area (Å²) >= 11 is 0. The molecule has 0 unspecified atom stereocenters. The molecular weight excluding hydrogens is 382 g/mol. The SMILES string of the molecule is O=C([C@@H]1C[C@H](Oc2cccnc2)CN1C(=O)CCc1ccccc1)N1CCOCC1. The Labute approximate surface area is 176 Å². The summed E-state index contributed by atoms with van der Waals surface area (Å²) in [4.78, 5) is 33.9. The number of aromatic nitrogens is 1. The number of morpholine rings is 1. The Morgan fingerprint density at radius 2 is 1.90 bits per heavy atom. The Kier molecular flexibility index (Phi) is 6.59. The summed E-state index contributed by atoms with van der Waals surface area (Å²) in [6.07, 6.45) is 4.62. The van der Waals surface area contributed by atoms with Crippen LogP contribution in [0.5, 0.6) is 5.75 Å². The first kappa shape index (κ1) is 20.3. The van der Waals surface area contributed by atoms with Crippen LogP contribution in [0, 0.1) is 0 Å². The fraction of sp³-hybridized carbons (Fsp3) is 0.435. The molecule has 7 heteroatoms. The van der Waals surface area contributed by atoms with Gasteiger partial charge in [0.2, 0.25) is 11.8 Å². The monoisotopic (exact) mass is 409 g/mol. The van der Waals surface area contributed by atoms with Gasteiger partial charge in [0, 0.05) is 32.1 Å². The molecule has 0 aliphatic carbocycles. The van der Waals surface area contributed by atoms with E-state index in [9.17, 15) is 9.59 Å². The van der Waals surface area contributed by atoms with Crippen molar-refractivity contribution in [2.24, 2.45) is 0 Å². The third-order valence-corrected chi connectivity index (χ3v) is 5.60. The molecule has 2 atom stereocenters. The first-order valence-electron chi connectivity index (χ1n) is 10.5. The average Bonchev–Trinajstić information content (AvgIpc) is 3.22. The Balaban J connectivity index is 1.45. The third kappa shape index (κ3) is 4.97. The Morgan fingerprint density at radius 1 is 1.10 bits per heavy atom. The van der Waals surface area contributed by atoms with Crippen molar-refractivity contribution in [2.75, 3.05) is 32.8 Å². The number of carbonyl (C=O) groups is 2. The summed E-state index contributed by atoms with van der Waals surface area (Å²) < 4.78 is 11.4. The van der Waals surface area contributed by atoms with Crippen molar-refractivity contribution in [2.45, 2.75) is 31.4 Å². The zero-order chi connectivity index (χ0) is 20.8. The molecule has 2 aromatic rings. The van der Waals surface area contributed by atoms with Crippen LogP contribution < -0.4 is 4.74 Å². The Morgan fingerprint density at radius 3 is 2.63 bits per heavy atom. The molecule has 1 aromatic heterocycles. The van der Waals surface area contributed by atoms with Crippen molar-refractivity contribution in [1.82, 2.24) is 14.8 Å². The highest BCUT2D eigenvalue weighted by molar-refractivity contribution is 5.88. The van der Waals surface area contributed by atoms with Gasteiger partial charge in [0.05, 0.1) is 26.0 Å². The lowest BCUT2D eigenvalue weighted by atomic mass is 10.1. The van der Waals surface area contributed by atoms with Crippen LogP contribution in [0.25, 0.3) is 0 Å². The van der Waals surface area contributed by atoms with E-state index < -0.39 is 6.04 Å². The maximum atomic E-state index is 13.2. The smallest absolute Gasteiger partial charge is 0.245 e. The standard InChI is InChI=1S/C23H27N3O4/c27-22(9-8-18-5-2-1-3-6-18)26-17-20(30-19-7-4-10-24-16-19)15-21(26)23(28)25-11-13-29-14-12-25/h1-7,10,16,20-21H,8-9,11-15,17H2/t20-,21-/m0/s1. The Hall–Kier alpha value is -2.93. The van der Waals surface area contributed by atoms with Gasteiger partial charge >= 0.3 is 0 Å². The second-order valence-electron chi connectivity index (χ2n) is 7.65. The zero-order valence-electron chi connectivity index (χ0n) is 17.0. The van der Waals surface area contributed by atoms with Crippen LogP contribution in [0.2, 0.25) is 0 Å². The van der Waals surface area contributed by atoms with Crippen molar-refractivity contribution < 1.29 is 19.1 Å². The van der Waals surface area contributed by atoms with Gasteiger partial charge in [-0.05, 0) is 24.1 Å². The first-order chi connectivity index (χ1) is 14.7. The Bertz CT molecular complexity index is 840. The quantitative estimate of drug-likeness (QED) is 0.729. The maximum absolute atomic E-state index is 13.2. The van der Waals surface area contributed by atoms with Gasteiger partial charge in [-0.2, -0.15) is 0 Å². The molecule has 2 fully saturated rings. The van der Waals surface area contributed by atoms with Crippen molar-refractivity contribution in [3.63, 3.8) is 0 Å². The lowest BCUT2D eigenvalue weighted by Gasteiger charge is -2.32. The van der Waals surface area contributed by atoms with Crippen LogP contribution in [0.3, 0.4) is 0 Å². The summed E-state index contributed by atoms with van der Waals surface area (Å²) in [6.45, 7) is 2.61. The van der Waals surface area contributed by atoms with Crippen molar-refractivity contribution >= 4 is 11.8 Å². The van der Waals surface area contributed by atoms with Gasteiger partial charge in [0.1, 0.15) is 17.9 Å². The van der Waals surface area contributed by atoms with Crippen molar-refractivity contribution in [3.05, 3.63) is 60.4 Å². The normalized spacial score (nSPS) is 21.5. The summed E-state index contributed by atoms with van der Waals surface area (Å²) in [5, 5.41) is 0. The van der Waals surface area contributed by atoms with E-state index in [1.54, 1.807) is 22.2 Å². The largest absolute Gasteiger partial charge is 0.487 e. The van der Waals surface area contributed by atoms with Crippen LogP contribution in [-0.4, -0.2) is 71.6 Å².